The molecule has 2 nitrogen and oxygen atoms in total. The molecule has 0 bridgehead atoms. The molecular weight excluding hydrogens is 134 g/mol. The zero-order valence-corrected chi connectivity index (χ0v) is 8.81. The first-order chi connectivity index (χ1) is 3.85. The molecule has 0 aromatic carbocycles. The Balaban J connectivity index is 3.07. The fourth-order valence-corrected chi connectivity index (χ4v) is 2.86. The van der Waals surface area contributed by atoms with Crippen LogP contribution in [0.1, 0.15) is 6.92 Å². The first kappa shape index (κ1) is 8.35. The third kappa shape index (κ3) is 3.37. The van der Waals surface area contributed by atoms with Crippen LogP contribution < -0.4 is 0 Å². The normalized spacial score (nSPS) is 13.5. The first-order valence-electron chi connectivity index (χ1n) is 3.06. The van der Waals surface area contributed by atoms with Crippen LogP contribution in [0, 0.1) is 0 Å². The molecule has 0 aliphatic carbocycles. The molecule has 0 rings (SSSR count). The Kier molecular flexibility index (Phi) is 5.73. The van der Waals surface area contributed by atoms with Gasteiger partial charge in [-0.05, 0) is 6.54 Å². The molecule has 0 aromatic heterocycles. The molecule has 0 unspecified atom stereocenters. The molecule has 0 amide bonds. The Morgan fingerprint density at radius 3 is 2.38 bits per heavy atom. The Labute approximate surface area is 56.1 Å². The molecule has 0 aliphatic rings. The van der Waals surface area contributed by atoms with Crippen molar-refractivity contribution < 1.29 is 4.43 Å². The second-order valence-corrected chi connectivity index (χ2v) is 5.87. The smallest absolute Gasteiger partial charge is 0.231 e. The molecule has 0 aliphatic heterocycles. The highest BCUT2D eigenvalue weighted by Gasteiger charge is 1.95. The minimum Gasteiger partial charge on any atom is -0.412 e. The molecule has 0 saturated carbocycles. The van der Waals surface area contributed by atoms with Crippen LogP contribution in [-0.2, 0) is 4.43 Å². The molecular formula is C4H15NOSi2. The van der Waals surface area contributed by atoms with Crippen molar-refractivity contribution in [3.63, 3.8) is 0 Å². The van der Waals surface area contributed by atoms with E-state index in [9.17, 15) is 0 Å². The van der Waals surface area contributed by atoms with E-state index in [4.69, 9.17) is 4.43 Å². The van der Waals surface area contributed by atoms with Gasteiger partial charge in [-0.1, -0.05) is 13.5 Å². The summed E-state index contributed by atoms with van der Waals surface area (Å²) in [4.78, 5) is 0. The Morgan fingerprint density at radius 2 is 2.25 bits per heavy atom. The number of rotatable bonds is 4. The standard InChI is InChI=1S/C4H15NOSi2/c1-4-5(7-3)8-6-2/h4,7-8H2,1-3H3. The highest BCUT2D eigenvalue weighted by Crippen LogP contribution is 1.78. The highest BCUT2D eigenvalue weighted by atomic mass is 28.3. The summed E-state index contributed by atoms with van der Waals surface area (Å²) in [6, 6.07) is 0. The van der Waals surface area contributed by atoms with Crippen LogP contribution in [-0.4, -0.2) is 37.5 Å². The lowest BCUT2D eigenvalue weighted by atomic mass is 10.8. The maximum absolute atomic E-state index is 5.09. The topological polar surface area (TPSA) is 12.5 Å². The minimum atomic E-state index is -0.269. The van der Waals surface area contributed by atoms with Gasteiger partial charge in [0.15, 0.2) is 0 Å². The second kappa shape index (κ2) is 5.49. The Bertz CT molecular complexity index is 49.3. The summed E-state index contributed by atoms with van der Waals surface area (Å²) in [6.45, 7) is 5.70. The third-order valence-electron chi connectivity index (χ3n) is 1.21. The maximum atomic E-state index is 5.09. The summed E-state index contributed by atoms with van der Waals surface area (Å²) >= 11 is 0. The van der Waals surface area contributed by atoms with Gasteiger partial charge in [0.05, 0.1) is 9.68 Å². The van der Waals surface area contributed by atoms with Crippen molar-refractivity contribution in [1.29, 1.82) is 0 Å². The summed E-state index contributed by atoms with van der Waals surface area (Å²) in [5.41, 5.74) is 0. The summed E-state index contributed by atoms with van der Waals surface area (Å²) < 4.78 is 7.57. The van der Waals surface area contributed by atoms with Crippen LogP contribution in [0.3, 0.4) is 0 Å². The van der Waals surface area contributed by atoms with Gasteiger partial charge in [-0.25, -0.2) is 0 Å². The Morgan fingerprint density at radius 1 is 1.62 bits per heavy atom. The SMILES string of the molecule is CCN([SiH2]C)[SiH2]OC. The van der Waals surface area contributed by atoms with Crippen LogP contribution in [0.25, 0.3) is 0 Å². The molecule has 8 heavy (non-hydrogen) atoms. The average Bonchev–Trinajstić information content (AvgIpc) is 1.83. The van der Waals surface area contributed by atoms with Crippen molar-refractivity contribution in [1.82, 2.24) is 4.23 Å². The molecule has 0 N–H and O–H groups in total. The van der Waals surface area contributed by atoms with Crippen molar-refractivity contribution in [2.75, 3.05) is 13.7 Å². The van der Waals surface area contributed by atoms with E-state index in [1.54, 1.807) is 7.11 Å². The van der Waals surface area contributed by atoms with Crippen molar-refractivity contribution in [3.8, 4) is 0 Å². The molecule has 0 atom stereocenters. The lowest BCUT2D eigenvalue weighted by molar-refractivity contribution is 0.404. The zero-order chi connectivity index (χ0) is 6.41. The van der Waals surface area contributed by atoms with Gasteiger partial charge >= 0.3 is 0 Å². The van der Waals surface area contributed by atoms with Gasteiger partial charge < -0.3 is 8.66 Å². The minimum absolute atomic E-state index is 0.0870. The van der Waals surface area contributed by atoms with E-state index in [1.165, 1.54) is 6.54 Å². The predicted octanol–water partition coefficient (Wildman–Crippen LogP) is -0.915. The van der Waals surface area contributed by atoms with Crippen LogP contribution >= 0.6 is 0 Å². The molecule has 0 radical (unpaired) electrons. The quantitative estimate of drug-likeness (QED) is 0.480. The van der Waals surface area contributed by atoms with Gasteiger partial charge in [0.1, 0.15) is 0 Å². The second-order valence-electron chi connectivity index (χ2n) is 1.72. The lowest BCUT2D eigenvalue weighted by Crippen LogP contribution is -2.30. The highest BCUT2D eigenvalue weighted by molar-refractivity contribution is 6.45. The molecule has 0 saturated heterocycles. The first-order valence-corrected chi connectivity index (χ1v) is 6.32. The van der Waals surface area contributed by atoms with Crippen molar-refractivity contribution in [3.05, 3.63) is 0 Å². The van der Waals surface area contributed by atoms with Gasteiger partial charge in [0.2, 0.25) is 9.92 Å². The van der Waals surface area contributed by atoms with Crippen LogP contribution in [0.15, 0.2) is 0 Å². The van der Waals surface area contributed by atoms with Crippen molar-refractivity contribution >= 4 is 19.6 Å². The Hall–Kier alpha value is 0.354. The van der Waals surface area contributed by atoms with E-state index >= 15 is 0 Å². The zero-order valence-electron chi connectivity index (χ0n) is 5.98. The summed E-state index contributed by atoms with van der Waals surface area (Å²) in [7, 11) is 1.62. The molecule has 50 valence electrons. The lowest BCUT2D eigenvalue weighted by Gasteiger charge is -2.14. The number of hydrogen-bond acceptors (Lipinski definition) is 2. The number of nitrogens with zero attached hydrogens (tertiary/aromatic N) is 1. The van der Waals surface area contributed by atoms with E-state index in [-0.39, 0.29) is 19.6 Å². The summed E-state index contributed by atoms with van der Waals surface area (Å²) in [5.74, 6) is 0. The predicted molar refractivity (Wildman–Crippen MR) is 42.3 cm³/mol. The van der Waals surface area contributed by atoms with Gasteiger partial charge in [-0.2, -0.15) is 0 Å². The van der Waals surface area contributed by atoms with E-state index in [0.29, 0.717) is 0 Å². The van der Waals surface area contributed by atoms with Crippen molar-refractivity contribution in [2.24, 2.45) is 0 Å². The van der Waals surface area contributed by atoms with Gasteiger partial charge in [-0.15, -0.1) is 0 Å². The van der Waals surface area contributed by atoms with Crippen molar-refractivity contribution in [2.45, 2.75) is 13.5 Å². The summed E-state index contributed by atoms with van der Waals surface area (Å²) in [6.07, 6.45) is 0. The average molecular weight is 149 g/mol. The fourth-order valence-electron chi connectivity index (χ4n) is 0.589. The van der Waals surface area contributed by atoms with E-state index in [1.807, 2.05) is 0 Å². The molecule has 0 heterocycles. The van der Waals surface area contributed by atoms with Crippen LogP contribution in [0.4, 0.5) is 0 Å². The number of hydrogen-bond donors (Lipinski definition) is 0. The largest absolute Gasteiger partial charge is 0.412 e. The van der Waals surface area contributed by atoms with Gasteiger partial charge in [0.25, 0.3) is 0 Å². The monoisotopic (exact) mass is 149 g/mol. The van der Waals surface area contributed by atoms with E-state index < -0.39 is 0 Å². The van der Waals surface area contributed by atoms with E-state index in [0.717, 1.165) is 0 Å². The maximum Gasteiger partial charge on any atom is 0.231 e. The molecule has 0 aromatic rings. The summed E-state index contributed by atoms with van der Waals surface area (Å²) in [5, 5.41) is 0. The van der Waals surface area contributed by atoms with Crippen LogP contribution in [0.5, 0.6) is 0 Å². The van der Waals surface area contributed by atoms with E-state index in [2.05, 4.69) is 17.7 Å². The molecule has 0 fully saturated rings. The van der Waals surface area contributed by atoms with Gasteiger partial charge in [-0.3, -0.25) is 0 Å². The van der Waals surface area contributed by atoms with Crippen LogP contribution in [0.2, 0.25) is 6.55 Å². The molecule has 0 spiro atoms. The fraction of sp³-hybridized carbons (Fsp3) is 1.00. The third-order valence-corrected chi connectivity index (χ3v) is 5.51. The molecule has 4 heteroatoms. The van der Waals surface area contributed by atoms with Gasteiger partial charge in [0, 0.05) is 7.11 Å².